The van der Waals surface area contributed by atoms with Gasteiger partial charge in [-0.05, 0) is 24.6 Å². The fourth-order valence-electron chi connectivity index (χ4n) is 1.47. The van der Waals surface area contributed by atoms with Crippen LogP contribution >= 0.6 is 34.8 Å². The highest BCUT2D eigenvalue weighted by Gasteiger charge is 2.21. The van der Waals surface area contributed by atoms with Gasteiger partial charge in [-0.25, -0.2) is 13.4 Å². The van der Waals surface area contributed by atoms with E-state index in [4.69, 9.17) is 34.8 Å². The molecule has 0 radical (unpaired) electrons. The number of halogens is 3. The van der Waals surface area contributed by atoms with Gasteiger partial charge in [-0.2, -0.15) is 0 Å². The number of hydrogen-bond acceptors (Lipinski definition) is 4. The molecule has 0 amide bonds. The third-order valence-electron chi connectivity index (χ3n) is 2.40. The molecular formula is C11H8Cl3N3O2S. The Kier molecular flexibility index (Phi) is 4.39. The first kappa shape index (κ1) is 15.3. The molecule has 0 atom stereocenters. The molecule has 2 aromatic rings. The second-order valence-corrected chi connectivity index (χ2v) is 6.64. The minimum atomic E-state index is -3.91. The number of anilines is 1. The number of nitrogens with zero attached hydrogens (tertiary/aromatic N) is 2. The Morgan fingerprint density at radius 2 is 1.95 bits per heavy atom. The second-order valence-electron chi connectivity index (χ2n) is 3.84. The molecule has 1 N–H and O–H groups in total. The van der Waals surface area contributed by atoms with Crippen LogP contribution in [0.4, 0.5) is 5.69 Å². The largest absolute Gasteiger partial charge is 0.276 e. The maximum absolute atomic E-state index is 12.3. The molecule has 0 aliphatic heterocycles. The van der Waals surface area contributed by atoms with E-state index in [1.54, 1.807) is 6.92 Å². The molecule has 0 fully saturated rings. The van der Waals surface area contributed by atoms with Crippen LogP contribution in [0.15, 0.2) is 29.4 Å². The van der Waals surface area contributed by atoms with Crippen molar-refractivity contribution in [1.82, 2.24) is 9.97 Å². The van der Waals surface area contributed by atoms with Gasteiger partial charge >= 0.3 is 0 Å². The van der Waals surface area contributed by atoms with Crippen LogP contribution < -0.4 is 4.72 Å². The molecule has 0 aliphatic rings. The lowest BCUT2D eigenvalue weighted by Gasteiger charge is -2.12. The molecule has 0 bridgehead atoms. The number of pyridine rings is 2. The first-order valence-electron chi connectivity index (χ1n) is 5.26. The summed E-state index contributed by atoms with van der Waals surface area (Å²) in [5, 5.41) is 0.191. The molecule has 0 aromatic carbocycles. The van der Waals surface area contributed by atoms with Gasteiger partial charge in [-0.15, -0.1) is 0 Å². The van der Waals surface area contributed by atoms with Crippen molar-refractivity contribution in [3.05, 3.63) is 45.4 Å². The summed E-state index contributed by atoms with van der Waals surface area (Å²) in [4.78, 5) is 7.38. The first-order chi connectivity index (χ1) is 9.31. The van der Waals surface area contributed by atoms with Gasteiger partial charge in [0.2, 0.25) is 0 Å². The summed E-state index contributed by atoms with van der Waals surface area (Å²) >= 11 is 17.5. The molecule has 0 saturated carbocycles. The lowest BCUT2D eigenvalue weighted by atomic mass is 10.3. The van der Waals surface area contributed by atoms with E-state index in [0.717, 1.165) is 6.20 Å². The summed E-state index contributed by atoms with van der Waals surface area (Å²) < 4.78 is 26.8. The molecule has 106 valence electrons. The van der Waals surface area contributed by atoms with Gasteiger partial charge in [-0.3, -0.25) is 9.71 Å². The highest BCUT2D eigenvalue weighted by Crippen LogP contribution is 2.30. The van der Waals surface area contributed by atoms with Gasteiger partial charge in [0.15, 0.2) is 5.15 Å². The van der Waals surface area contributed by atoms with Gasteiger partial charge in [-0.1, -0.05) is 34.8 Å². The van der Waals surface area contributed by atoms with Crippen molar-refractivity contribution in [2.24, 2.45) is 0 Å². The Morgan fingerprint density at radius 3 is 2.55 bits per heavy atom. The third-order valence-corrected chi connectivity index (χ3v) is 4.69. The molecule has 20 heavy (non-hydrogen) atoms. The van der Waals surface area contributed by atoms with E-state index in [0.29, 0.717) is 5.56 Å². The highest BCUT2D eigenvalue weighted by atomic mass is 35.5. The van der Waals surface area contributed by atoms with Crippen LogP contribution in [0.1, 0.15) is 5.56 Å². The van der Waals surface area contributed by atoms with Crippen LogP contribution in [0, 0.1) is 6.92 Å². The second kappa shape index (κ2) is 5.73. The first-order valence-corrected chi connectivity index (χ1v) is 7.88. The minimum absolute atomic E-state index is 0.0430. The normalized spacial score (nSPS) is 11.4. The molecule has 2 aromatic heterocycles. The average Bonchev–Trinajstić information content (AvgIpc) is 2.34. The van der Waals surface area contributed by atoms with Gasteiger partial charge in [0.25, 0.3) is 10.0 Å². The SMILES string of the molecule is Cc1cc(Cl)nc(Cl)c1NS(=O)(=O)c1cnccc1Cl. The predicted molar refractivity (Wildman–Crippen MR) is 79.0 cm³/mol. The summed E-state index contributed by atoms with van der Waals surface area (Å²) in [6.07, 6.45) is 2.54. The fourth-order valence-corrected chi connectivity index (χ4v) is 3.67. The Labute approximate surface area is 131 Å². The molecule has 2 rings (SSSR count). The Bertz CT molecular complexity index is 742. The van der Waals surface area contributed by atoms with Crippen LogP contribution in [-0.4, -0.2) is 18.4 Å². The van der Waals surface area contributed by atoms with E-state index in [-0.39, 0.29) is 25.9 Å². The standard InChI is InChI=1S/C11H8Cl3N3O2S/c1-6-4-9(13)16-11(14)10(6)17-20(18,19)8-5-15-3-2-7(8)12/h2-5,17H,1H3. The summed E-state index contributed by atoms with van der Waals surface area (Å²) in [7, 11) is -3.91. The summed E-state index contributed by atoms with van der Waals surface area (Å²) in [5.74, 6) is 0. The van der Waals surface area contributed by atoms with Gasteiger partial charge in [0, 0.05) is 12.4 Å². The summed E-state index contributed by atoms with van der Waals surface area (Å²) in [6, 6.07) is 2.88. The zero-order chi connectivity index (χ0) is 14.9. The number of rotatable bonds is 3. The quantitative estimate of drug-likeness (QED) is 0.858. The van der Waals surface area contributed by atoms with Crippen LogP contribution in [-0.2, 0) is 10.0 Å². The Balaban J connectivity index is 2.47. The Hall–Kier alpha value is -1.08. The smallest absolute Gasteiger partial charge is 0.265 e. The highest BCUT2D eigenvalue weighted by molar-refractivity contribution is 7.92. The van der Waals surface area contributed by atoms with Gasteiger partial charge in [0.1, 0.15) is 10.0 Å². The lowest BCUT2D eigenvalue weighted by molar-refractivity contribution is 0.601. The van der Waals surface area contributed by atoms with Crippen LogP contribution in [0.3, 0.4) is 0 Å². The molecule has 0 saturated heterocycles. The van der Waals surface area contributed by atoms with Gasteiger partial charge in [0.05, 0.1) is 10.7 Å². The van der Waals surface area contributed by atoms with Crippen molar-refractivity contribution >= 4 is 50.5 Å². The topological polar surface area (TPSA) is 72.0 Å². The van der Waals surface area contributed by atoms with E-state index in [1.807, 2.05) is 0 Å². The van der Waals surface area contributed by atoms with Gasteiger partial charge < -0.3 is 0 Å². The van der Waals surface area contributed by atoms with E-state index < -0.39 is 10.0 Å². The van der Waals surface area contributed by atoms with Crippen molar-refractivity contribution in [3.63, 3.8) is 0 Å². The number of aryl methyl sites for hydroxylation is 1. The molecule has 0 unspecified atom stereocenters. The zero-order valence-corrected chi connectivity index (χ0v) is 13.1. The van der Waals surface area contributed by atoms with E-state index in [2.05, 4.69) is 14.7 Å². The maximum Gasteiger partial charge on any atom is 0.265 e. The van der Waals surface area contributed by atoms with Crippen molar-refractivity contribution in [3.8, 4) is 0 Å². The fraction of sp³-hybridized carbons (Fsp3) is 0.0909. The van der Waals surface area contributed by atoms with Crippen molar-refractivity contribution in [1.29, 1.82) is 0 Å². The summed E-state index contributed by atoms with van der Waals surface area (Å²) in [6.45, 7) is 1.65. The third kappa shape index (κ3) is 3.15. The minimum Gasteiger partial charge on any atom is -0.276 e. The van der Waals surface area contributed by atoms with Crippen LogP contribution in [0.2, 0.25) is 15.3 Å². The predicted octanol–water partition coefficient (Wildman–Crippen LogP) is 3.55. The molecular weight excluding hydrogens is 345 g/mol. The number of sulfonamides is 1. The molecule has 0 aliphatic carbocycles. The van der Waals surface area contributed by atoms with Crippen molar-refractivity contribution in [2.75, 3.05) is 4.72 Å². The van der Waals surface area contributed by atoms with E-state index in [9.17, 15) is 8.42 Å². The monoisotopic (exact) mass is 351 g/mol. The molecule has 0 spiro atoms. The number of aromatic nitrogens is 2. The summed E-state index contributed by atoms with van der Waals surface area (Å²) in [5.41, 5.74) is 0.689. The van der Waals surface area contributed by atoms with Crippen LogP contribution in [0.25, 0.3) is 0 Å². The maximum atomic E-state index is 12.3. The average molecular weight is 353 g/mol. The zero-order valence-electron chi connectivity index (χ0n) is 10.1. The van der Waals surface area contributed by atoms with Crippen molar-refractivity contribution in [2.45, 2.75) is 11.8 Å². The number of nitrogens with one attached hydrogen (secondary N) is 1. The van der Waals surface area contributed by atoms with Crippen molar-refractivity contribution < 1.29 is 8.42 Å². The Morgan fingerprint density at radius 1 is 1.25 bits per heavy atom. The molecule has 9 heteroatoms. The molecule has 2 heterocycles. The molecule has 5 nitrogen and oxygen atoms in total. The lowest BCUT2D eigenvalue weighted by Crippen LogP contribution is -2.15. The van der Waals surface area contributed by atoms with E-state index >= 15 is 0 Å². The van der Waals surface area contributed by atoms with Crippen LogP contribution in [0.5, 0.6) is 0 Å². The van der Waals surface area contributed by atoms with E-state index in [1.165, 1.54) is 18.3 Å². The number of hydrogen-bond donors (Lipinski definition) is 1.